The Hall–Kier alpha value is -1.86. The highest BCUT2D eigenvalue weighted by Gasteiger charge is 2.09. The molecule has 1 aromatic heterocycles. The van der Waals surface area contributed by atoms with Crippen molar-refractivity contribution in [1.29, 1.82) is 0 Å². The largest absolute Gasteiger partial charge is 0.382 e. The minimum atomic E-state index is -0.00930. The molecule has 0 aliphatic heterocycles. The van der Waals surface area contributed by atoms with Crippen molar-refractivity contribution in [2.24, 2.45) is 0 Å². The van der Waals surface area contributed by atoms with Crippen LogP contribution in [0.15, 0.2) is 35.7 Å². The Labute approximate surface area is 140 Å². The first-order valence-electron chi connectivity index (χ1n) is 7.65. The normalized spacial score (nSPS) is 10.7. The number of benzene rings is 1. The lowest BCUT2D eigenvalue weighted by Gasteiger charge is -2.07. The van der Waals surface area contributed by atoms with Crippen molar-refractivity contribution in [2.45, 2.75) is 25.4 Å². The summed E-state index contributed by atoms with van der Waals surface area (Å²) in [5, 5.41) is 11.6. The van der Waals surface area contributed by atoms with Gasteiger partial charge in [0, 0.05) is 25.4 Å². The second kappa shape index (κ2) is 9.32. The van der Waals surface area contributed by atoms with Gasteiger partial charge in [-0.2, -0.15) is 0 Å². The van der Waals surface area contributed by atoms with Gasteiger partial charge in [-0.3, -0.25) is 9.36 Å². The molecule has 6 nitrogen and oxygen atoms in total. The number of ether oxygens (including phenoxy) is 1. The Balaban J connectivity index is 1.81. The molecule has 124 valence electrons. The van der Waals surface area contributed by atoms with Crippen LogP contribution in [-0.2, 0) is 9.53 Å². The van der Waals surface area contributed by atoms with Crippen molar-refractivity contribution in [3.8, 4) is 5.69 Å². The van der Waals surface area contributed by atoms with Crippen LogP contribution in [0.5, 0.6) is 0 Å². The lowest BCUT2D eigenvalue weighted by molar-refractivity contribution is -0.118. The molecule has 1 aromatic carbocycles. The number of carbonyl (C=O) groups excluding carboxylic acids is 1. The smallest absolute Gasteiger partial charge is 0.230 e. The van der Waals surface area contributed by atoms with Crippen molar-refractivity contribution >= 4 is 17.7 Å². The van der Waals surface area contributed by atoms with Crippen LogP contribution in [0.3, 0.4) is 0 Å². The first-order chi connectivity index (χ1) is 11.2. The minimum Gasteiger partial charge on any atom is -0.382 e. The van der Waals surface area contributed by atoms with Crippen LogP contribution in [0, 0.1) is 6.92 Å². The highest BCUT2D eigenvalue weighted by molar-refractivity contribution is 7.99. The van der Waals surface area contributed by atoms with Crippen molar-refractivity contribution in [2.75, 3.05) is 25.5 Å². The second-order valence-corrected chi connectivity index (χ2v) is 5.95. The molecule has 0 bridgehead atoms. The summed E-state index contributed by atoms with van der Waals surface area (Å²) in [5.41, 5.74) is 2.18. The molecule has 23 heavy (non-hydrogen) atoms. The van der Waals surface area contributed by atoms with Gasteiger partial charge >= 0.3 is 0 Å². The van der Waals surface area contributed by atoms with E-state index < -0.39 is 0 Å². The third-order valence-corrected chi connectivity index (χ3v) is 4.10. The number of hydrogen-bond donors (Lipinski definition) is 1. The monoisotopic (exact) mass is 334 g/mol. The van der Waals surface area contributed by atoms with Gasteiger partial charge in [-0.1, -0.05) is 29.5 Å². The Morgan fingerprint density at radius 2 is 2.13 bits per heavy atom. The molecule has 0 spiro atoms. The quantitative estimate of drug-likeness (QED) is 0.562. The van der Waals surface area contributed by atoms with Crippen molar-refractivity contribution < 1.29 is 9.53 Å². The topological polar surface area (TPSA) is 69.0 Å². The van der Waals surface area contributed by atoms with E-state index in [1.54, 1.807) is 6.33 Å². The number of carbonyl (C=O) groups is 1. The van der Waals surface area contributed by atoms with E-state index in [2.05, 4.69) is 15.5 Å². The van der Waals surface area contributed by atoms with Gasteiger partial charge in [-0.15, -0.1) is 10.2 Å². The van der Waals surface area contributed by atoms with Crippen LogP contribution in [-0.4, -0.2) is 46.2 Å². The number of amides is 1. The minimum absolute atomic E-state index is 0.00930. The second-order valence-electron chi connectivity index (χ2n) is 5.01. The molecule has 7 heteroatoms. The third-order valence-electron chi connectivity index (χ3n) is 3.15. The number of aryl methyl sites for hydroxylation is 1. The van der Waals surface area contributed by atoms with Gasteiger partial charge in [0.25, 0.3) is 0 Å². The van der Waals surface area contributed by atoms with Crippen molar-refractivity contribution in [3.05, 3.63) is 36.2 Å². The maximum atomic E-state index is 11.8. The zero-order valence-corrected chi connectivity index (χ0v) is 14.3. The van der Waals surface area contributed by atoms with Crippen molar-refractivity contribution in [3.63, 3.8) is 0 Å². The molecule has 0 radical (unpaired) electrons. The SMILES string of the molecule is CCOCCCNC(=O)CSc1nncn1-c1ccc(C)cc1. The van der Waals surface area contributed by atoms with E-state index in [1.807, 2.05) is 42.7 Å². The summed E-state index contributed by atoms with van der Waals surface area (Å²) < 4.78 is 7.11. The number of hydrogen-bond acceptors (Lipinski definition) is 5. The summed E-state index contributed by atoms with van der Waals surface area (Å²) in [7, 11) is 0. The molecule has 0 atom stereocenters. The molecule has 0 aliphatic rings. The van der Waals surface area contributed by atoms with Crippen LogP contribution in [0.25, 0.3) is 5.69 Å². The maximum absolute atomic E-state index is 11.8. The molecule has 1 amide bonds. The third kappa shape index (κ3) is 5.69. The van der Waals surface area contributed by atoms with Gasteiger partial charge in [-0.05, 0) is 32.4 Å². The van der Waals surface area contributed by atoms with E-state index >= 15 is 0 Å². The predicted molar refractivity (Wildman–Crippen MR) is 90.9 cm³/mol. The molecule has 0 unspecified atom stereocenters. The Kier molecular flexibility index (Phi) is 7.09. The van der Waals surface area contributed by atoms with E-state index in [0.29, 0.717) is 30.7 Å². The van der Waals surface area contributed by atoms with Gasteiger partial charge in [0.05, 0.1) is 5.75 Å². The fraction of sp³-hybridized carbons (Fsp3) is 0.438. The highest BCUT2D eigenvalue weighted by Crippen LogP contribution is 2.19. The van der Waals surface area contributed by atoms with Gasteiger partial charge in [0.2, 0.25) is 5.91 Å². The first kappa shape index (κ1) is 17.5. The zero-order valence-electron chi connectivity index (χ0n) is 13.5. The van der Waals surface area contributed by atoms with E-state index in [-0.39, 0.29) is 5.91 Å². The lowest BCUT2D eigenvalue weighted by Crippen LogP contribution is -2.27. The van der Waals surface area contributed by atoms with Crippen LogP contribution in [0.2, 0.25) is 0 Å². The van der Waals surface area contributed by atoms with Gasteiger partial charge in [0.1, 0.15) is 6.33 Å². The molecular weight excluding hydrogens is 312 g/mol. The van der Waals surface area contributed by atoms with Crippen LogP contribution >= 0.6 is 11.8 Å². The molecule has 1 N–H and O–H groups in total. The maximum Gasteiger partial charge on any atom is 0.230 e. The number of thioether (sulfide) groups is 1. The zero-order chi connectivity index (χ0) is 16.5. The van der Waals surface area contributed by atoms with E-state index in [0.717, 1.165) is 12.1 Å². The molecule has 0 aliphatic carbocycles. The summed E-state index contributed by atoms with van der Waals surface area (Å²) >= 11 is 1.38. The first-order valence-corrected chi connectivity index (χ1v) is 8.63. The summed E-state index contributed by atoms with van der Waals surface area (Å²) in [6.45, 7) is 6.01. The van der Waals surface area contributed by atoms with E-state index in [9.17, 15) is 4.79 Å². The standard InChI is InChI=1S/C16H22N4O2S/c1-3-22-10-4-9-17-15(21)11-23-16-19-18-12-20(16)14-7-5-13(2)6-8-14/h5-8,12H,3-4,9-11H2,1-2H3,(H,17,21). The molecule has 0 saturated carbocycles. The Morgan fingerprint density at radius 3 is 2.87 bits per heavy atom. The van der Waals surface area contributed by atoms with Gasteiger partial charge < -0.3 is 10.1 Å². The predicted octanol–water partition coefficient (Wildman–Crippen LogP) is 2.21. The number of nitrogens with one attached hydrogen (secondary N) is 1. The fourth-order valence-electron chi connectivity index (χ4n) is 1.93. The molecule has 2 rings (SSSR count). The molecular formula is C16H22N4O2S. The summed E-state index contributed by atoms with van der Waals surface area (Å²) in [4.78, 5) is 11.8. The number of rotatable bonds is 9. The molecule has 1 heterocycles. The summed E-state index contributed by atoms with van der Waals surface area (Å²) in [6.07, 6.45) is 2.48. The molecule has 0 saturated heterocycles. The van der Waals surface area contributed by atoms with Crippen molar-refractivity contribution in [1.82, 2.24) is 20.1 Å². The molecule has 2 aromatic rings. The molecule has 0 fully saturated rings. The Bertz CT molecular complexity index is 613. The van der Waals surface area contributed by atoms with Gasteiger partial charge in [0.15, 0.2) is 5.16 Å². The van der Waals surface area contributed by atoms with Crippen LogP contribution < -0.4 is 5.32 Å². The van der Waals surface area contributed by atoms with E-state index in [4.69, 9.17) is 4.74 Å². The lowest BCUT2D eigenvalue weighted by atomic mass is 10.2. The Morgan fingerprint density at radius 1 is 1.35 bits per heavy atom. The number of nitrogens with zero attached hydrogens (tertiary/aromatic N) is 3. The fourth-order valence-corrected chi connectivity index (χ4v) is 2.69. The summed E-state index contributed by atoms with van der Waals surface area (Å²) in [5.74, 6) is 0.309. The van der Waals surface area contributed by atoms with E-state index in [1.165, 1.54) is 17.3 Å². The average Bonchev–Trinajstić information content (AvgIpc) is 3.02. The highest BCUT2D eigenvalue weighted by atomic mass is 32.2. The number of aromatic nitrogens is 3. The van der Waals surface area contributed by atoms with Crippen LogP contribution in [0.4, 0.5) is 0 Å². The average molecular weight is 334 g/mol. The summed E-state index contributed by atoms with van der Waals surface area (Å²) in [6, 6.07) is 8.09. The van der Waals surface area contributed by atoms with Gasteiger partial charge in [-0.25, -0.2) is 0 Å². The van der Waals surface area contributed by atoms with Crippen LogP contribution in [0.1, 0.15) is 18.9 Å².